The maximum absolute atomic E-state index is 17.9. The van der Waals surface area contributed by atoms with E-state index in [1.165, 1.54) is 26.5 Å². The highest BCUT2D eigenvalue weighted by molar-refractivity contribution is 6.90. The third-order valence-corrected chi connectivity index (χ3v) is 20.0. The summed E-state index contributed by atoms with van der Waals surface area (Å²) >= 11 is 0. The van der Waals surface area contributed by atoms with Gasteiger partial charge in [-0.1, -0.05) is 53.5 Å². The van der Waals surface area contributed by atoms with Crippen LogP contribution in [0.15, 0.2) is 30.5 Å². The fourth-order valence-corrected chi connectivity index (χ4v) is 15.8. The molecule has 2 bridgehead atoms. The molecule has 0 unspecified atom stereocenters. The predicted molar refractivity (Wildman–Crippen MR) is 250 cm³/mol. The number of benzene rings is 2. The molecule has 1 amide bonds. The van der Waals surface area contributed by atoms with Gasteiger partial charge in [0.05, 0.1) is 30.1 Å². The van der Waals surface area contributed by atoms with Crippen LogP contribution in [-0.2, 0) is 19.0 Å². The number of hydrogen-bond donors (Lipinski definition) is 0. The van der Waals surface area contributed by atoms with Gasteiger partial charge in [-0.05, 0) is 100 Å². The van der Waals surface area contributed by atoms with E-state index in [1.54, 1.807) is 18.2 Å². The van der Waals surface area contributed by atoms with Gasteiger partial charge in [-0.15, -0.1) is 5.54 Å². The number of esters is 1. The number of nitrogens with zero attached hydrogens (tertiary/aromatic N) is 6. The van der Waals surface area contributed by atoms with Crippen LogP contribution in [0, 0.1) is 23.1 Å². The quantitative estimate of drug-likeness (QED) is 0.0582. The summed E-state index contributed by atoms with van der Waals surface area (Å²) in [7, 11) is 2.34. The Labute approximate surface area is 382 Å². The topological polar surface area (TPSA) is 129 Å². The summed E-state index contributed by atoms with van der Waals surface area (Å²) in [6, 6.07) is 5.87. The van der Waals surface area contributed by atoms with Crippen LogP contribution in [0.5, 0.6) is 11.8 Å². The van der Waals surface area contributed by atoms with Crippen LogP contribution >= 0.6 is 0 Å². The van der Waals surface area contributed by atoms with E-state index in [1.807, 2.05) is 42.5 Å². The molecule has 3 saturated heterocycles. The van der Waals surface area contributed by atoms with Gasteiger partial charge in [0, 0.05) is 37.3 Å². The molecule has 4 aromatic rings. The molecule has 3 atom stereocenters. The zero-order valence-electron chi connectivity index (χ0n) is 39.9. The second-order valence-corrected chi connectivity index (χ2v) is 25.3. The van der Waals surface area contributed by atoms with E-state index < -0.39 is 36.8 Å². The number of anilines is 1. The summed E-state index contributed by atoms with van der Waals surface area (Å²) in [5, 5.41) is 1.27. The van der Waals surface area contributed by atoms with Gasteiger partial charge in [0.15, 0.2) is 18.1 Å². The predicted octanol–water partition coefficient (Wildman–Crippen LogP) is 9.28. The molecular formula is C49H64F2N6O7Si. The van der Waals surface area contributed by atoms with Crippen molar-refractivity contribution in [1.29, 1.82) is 0 Å². The molecule has 0 radical (unpaired) electrons. The SMILES string of the molecule is COCOc1cc(-c2ncc3c(N4C[C@H]5CC[C@@H](C4)N5C(=O)OC(C)(C)C)nc(OC[C@]4(C(=O)OC)CCCN4C)nc3c2F)c2c(C#C[Si](C(C)C)(C(C)C)C(C)C)c(F)ccc2c1. The number of halogens is 2. The summed E-state index contributed by atoms with van der Waals surface area (Å²) < 4.78 is 62.8. The van der Waals surface area contributed by atoms with Crippen molar-refractivity contribution in [3.63, 3.8) is 0 Å². The van der Waals surface area contributed by atoms with E-state index in [4.69, 9.17) is 38.6 Å². The highest BCUT2D eigenvalue weighted by Gasteiger charge is 2.49. The molecule has 7 rings (SSSR count). The first-order chi connectivity index (χ1) is 30.8. The maximum atomic E-state index is 17.9. The number of amides is 1. The van der Waals surface area contributed by atoms with Crippen molar-refractivity contribution in [3.05, 3.63) is 47.7 Å². The van der Waals surface area contributed by atoms with E-state index >= 15 is 8.78 Å². The van der Waals surface area contributed by atoms with E-state index in [-0.39, 0.29) is 59.9 Å². The minimum atomic E-state index is -2.34. The van der Waals surface area contributed by atoms with Crippen molar-refractivity contribution in [2.45, 2.75) is 128 Å². The number of fused-ring (bicyclic) bond motifs is 4. The van der Waals surface area contributed by atoms with E-state index in [0.717, 1.165) is 19.3 Å². The summed E-state index contributed by atoms with van der Waals surface area (Å²) in [6.07, 6.45) is 3.90. The minimum Gasteiger partial charge on any atom is -0.468 e. The molecule has 65 heavy (non-hydrogen) atoms. The first kappa shape index (κ1) is 47.8. The maximum Gasteiger partial charge on any atom is 0.410 e. The van der Waals surface area contributed by atoms with Crippen LogP contribution in [0.2, 0.25) is 16.6 Å². The fraction of sp³-hybridized carbons (Fsp3) is 0.571. The largest absolute Gasteiger partial charge is 0.468 e. The van der Waals surface area contributed by atoms with Gasteiger partial charge in [0.25, 0.3) is 0 Å². The molecule has 0 N–H and O–H groups in total. The van der Waals surface area contributed by atoms with Gasteiger partial charge in [-0.25, -0.2) is 18.4 Å². The number of piperazine rings is 1. The monoisotopic (exact) mass is 914 g/mol. The molecule has 350 valence electrons. The number of hydrogen-bond acceptors (Lipinski definition) is 12. The van der Waals surface area contributed by atoms with Crippen molar-refractivity contribution >= 4 is 47.6 Å². The molecule has 3 fully saturated rings. The number of likely N-dealkylation sites (N-methyl/N-ethyl adjacent to an activating group) is 1. The Morgan fingerprint density at radius 2 is 1.65 bits per heavy atom. The Kier molecular flexibility index (Phi) is 13.7. The van der Waals surface area contributed by atoms with Gasteiger partial charge in [-0.3, -0.25) is 14.8 Å². The van der Waals surface area contributed by atoms with Crippen molar-refractivity contribution in [2.24, 2.45) is 0 Å². The standard InChI is InChI=1S/C49H64F2N6O7Si/c1-29(2)65(30(3)4,31(5)6)21-18-36-39(50)17-14-32-22-35(63-28-60-11)23-37(40(32)36)42-41(51)43-38(24-52-42)44(54-46(53-43)62-27-49(45(58)61-12)19-13-20-55(49)10)56-25-33-15-16-34(26-56)57(33)47(59)64-48(7,8)9/h14,17,22-24,29-31,33-34H,13,15-16,19-20,25-28H2,1-12H3/t33-,34+,49-/m0/s1. The van der Waals surface area contributed by atoms with Crippen LogP contribution < -0.4 is 14.4 Å². The summed E-state index contributed by atoms with van der Waals surface area (Å²) in [6.45, 7) is 19.9. The highest BCUT2D eigenvalue weighted by atomic mass is 28.3. The Morgan fingerprint density at radius 1 is 0.969 bits per heavy atom. The molecule has 13 nitrogen and oxygen atoms in total. The van der Waals surface area contributed by atoms with Gasteiger partial charge >= 0.3 is 18.1 Å². The Balaban J connectivity index is 1.42. The lowest BCUT2D eigenvalue weighted by molar-refractivity contribution is -0.154. The van der Waals surface area contributed by atoms with Crippen molar-refractivity contribution in [2.75, 3.05) is 59.2 Å². The van der Waals surface area contributed by atoms with Crippen LogP contribution in [0.1, 0.15) is 93.6 Å². The zero-order valence-corrected chi connectivity index (χ0v) is 40.9. The molecule has 0 aliphatic carbocycles. The average Bonchev–Trinajstić information content (AvgIpc) is 3.76. The second kappa shape index (κ2) is 18.6. The normalized spacial score (nSPS) is 20.3. The van der Waals surface area contributed by atoms with Gasteiger partial charge < -0.3 is 28.6 Å². The van der Waals surface area contributed by atoms with Crippen molar-refractivity contribution in [1.82, 2.24) is 24.8 Å². The fourth-order valence-electron chi connectivity index (χ4n) is 10.6. The third kappa shape index (κ3) is 8.95. The number of ether oxygens (including phenoxy) is 5. The van der Waals surface area contributed by atoms with E-state index in [9.17, 15) is 9.59 Å². The molecule has 0 saturated carbocycles. The number of likely N-dealkylation sites (tertiary alicyclic amines) is 1. The molecular weight excluding hydrogens is 851 g/mol. The highest BCUT2D eigenvalue weighted by Crippen LogP contribution is 2.43. The smallest absolute Gasteiger partial charge is 0.410 e. The Morgan fingerprint density at radius 3 is 2.23 bits per heavy atom. The number of carbonyl (C=O) groups is 2. The third-order valence-electron chi connectivity index (χ3n) is 13.8. The Bertz CT molecular complexity index is 2490. The average molecular weight is 915 g/mol. The van der Waals surface area contributed by atoms with Crippen LogP contribution in [0.3, 0.4) is 0 Å². The summed E-state index contributed by atoms with van der Waals surface area (Å²) in [4.78, 5) is 46.8. The molecule has 3 aliphatic heterocycles. The number of aromatic nitrogens is 3. The number of methoxy groups -OCH3 is 2. The summed E-state index contributed by atoms with van der Waals surface area (Å²) in [5.74, 6) is 2.27. The first-order valence-corrected chi connectivity index (χ1v) is 25.0. The molecule has 5 heterocycles. The van der Waals surface area contributed by atoms with Gasteiger partial charge in [0.2, 0.25) is 0 Å². The van der Waals surface area contributed by atoms with E-state index in [2.05, 4.69) is 53.0 Å². The number of carbonyl (C=O) groups excluding carboxylic acids is 2. The number of pyridine rings is 1. The molecule has 2 aromatic heterocycles. The van der Waals surface area contributed by atoms with Crippen LogP contribution in [0.4, 0.5) is 19.4 Å². The lowest BCUT2D eigenvalue weighted by atomic mass is 9.95. The number of rotatable bonds is 12. The van der Waals surface area contributed by atoms with Crippen LogP contribution in [-0.4, -0.2) is 122 Å². The molecule has 16 heteroatoms. The first-order valence-electron chi connectivity index (χ1n) is 22.7. The van der Waals surface area contributed by atoms with Crippen molar-refractivity contribution < 1.29 is 42.1 Å². The molecule has 2 aromatic carbocycles. The van der Waals surface area contributed by atoms with Gasteiger partial charge in [0.1, 0.15) is 48.9 Å². The molecule has 3 aliphatic rings. The Hall–Kier alpha value is -5.11. The zero-order chi connectivity index (χ0) is 47.2. The summed E-state index contributed by atoms with van der Waals surface area (Å²) in [5.41, 5.74) is 2.98. The van der Waals surface area contributed by atoms with Gasteiger partial charge in [-0.2, -0.15) is 9.97 Å². The van der Waals surface area contributed by atoms with Crippen LogP contribution in [0.25, 0.3) is 32.9 Å². The lowest BCUT2D eigenvalue weighted by Crippen LogP contribution is -2.57. The second-order valence-electron chi connectivity index (χ2n) is 19.7. The van der Waals surface area contributed by atoms with Crippen molar-refractivity contribution in [3.8, 4) is 34.5 Å². The lowest BCUT2D eigenvalue weighted by Gasteiger charge is -2.42. The molecule has 0 spiro atoms. The van der Waals surface area contributed by atoms with E-state index in [0.29, 0.717) is 70.4 Å². The minimum absolute atomic E-state index is 0.0829.